The number of nitrogens with zero attached hydrogens (tertiary/aromatic N) is 2. The fourth-order valence-corrected chi connectivity index (χ4v) is 1.86. The van der Waals surface area contributed by atoms with Crippen molar-refractivity contribution in [1.29, 1.82) is 0 Å². The molecule has 2 aromatic heterocycles. The van der Waals surface area contributed by atoms with E-state index in [9.17, 15) is 0 Å². The monoisotopic (exact) mass is 239 g/mol. The lowest BCUT2D eigenvalue weighted by Crippen LogP contribution is -1.84. The number of fused-ring (bicyclic) bond motifs is 1. The van der Waals surface area contributed by atoms with Crippen molar-refractivity contribution in [1.82, 2.24) is 15.0 Å². The summed E-state index contributed by atoms with van der Waals surface area (Å²) in [6.07, 6.45) is 1.82. The van der Waals surface area contributed by atoms with Gasteiger partial charge in [-0.1, -0.05) is 0 Å². The summed E-state index contributed by atoms with van der Waals surface area (Å²) in [5.74, 6) is 1.64. The molecule has 4 heteroatoms. The van der Waals surface area contributed by atoms with E-state index < -0.39 is 0 Å². The summed E-state index contributed by atoms with van der Waals surface area (Å²) < 4.78 is 5.19. The quantitative estimate of drug-likeness (QED) is 0.748. The van der Waals surface area contributed by atoms with Crippen LogP contribution in [0.3, 0.4) is 0 Å². The summed E-state index contributed by atoms with van der Waals surface area (Å²) in [4.78, 5) is 12.1. The van der Waals surface area contributed by atoms with E-state index in [1.54, 1.807) is 7.11 Å². The third-order valence-electron chi connectivity index (χ3n) is 2.87. The van der Waals surface area contributed by atoms with Gasteiger partial charge < -0.3 is 9.72 Å². The van der Waals surface area contributed by atoms with Gasteiger partial charge in [0.25, 0.3) is 0 Å². The van der Waals surface area contributed by atoms with Gasteiger partial charge in [-0.25, -0.2) is 4.98 Å². The van der Waals surface area contributed by atoms with Crippen LogP contribution in [0.4, 0.5) is 0 Å². The Labute approximate surface area is 105 Å². The largest absolute Gasteiger partial charge is 0.497 e. The van der Waals surface area contributed by atoms with Crippen LogP contribution in [-0.4, -0.2) is 22.1 Å². The number of ether oxygens (including phenoxy) is 1. The number of imidazole rings is 1. The van der Waals surface area contributed by atoms with Crippen LogP contribution in [0.5, 0.6) is 5.75 Å². The van der Waals surface area contributed by atoms with E-state index in [2.05, 4.69) is 15.0 Å². The van der Waals surface area contributed by atoms with Gasteiger partial charge in [0, 0.05) is 23.5 Å². The zero-order valence-corrected chi connectivity index (χ0v) is 10.3. The number of pyridine rings is 1. The second kappa shape index (κ2) is 4.14. The molecule has 1 N–H and O–H groups in total. The molecule has 4 nitrogen and oxygen atoms in total. The van der Waals surface area contributed by atoms with E-state index in [-0.39, 0.29) is 0 Å². The van der Waals surface area contributed by atoms with Gasteiger partial charge in [-0.3, -0.25) is 4.98 Å². The molecular weight excluding hydrogens is 226 g/mol. The molecule has 0 aliphatic heterocycles. The van der Waals surface area contributed by atoms with E-state index in [1.165, 1.54) is 0 Å². The van der Waals surface area contributed by atoms with Crippen LogP contribution in [-0.2, 0) is 0 Å². The highest BCUT2D eigenvalue weighted by Crippen LogP contribution is 2.23. The Morgan fingerprint density at radius 3 is 2.78 bits per heavy atom. The Bertz CT molecular complexity index is 686. The average molecular weight is 239 g/mol. The second-order valence-corrected chi connectivity index (χ2v) is 4.16. The fourth-order valence-electron chi connectivity index (χ4n) is 1.86. The maximum atomic E-state index is 5.19. The Morgan fingerprint density at radius 2 is 2.06 bits per heavy atom. The molecule has 90 valence electrons. The minimum absolute atomic E-state index is 0.819. The number of hydrogen-bond acceptors (Lipinski definition) is 3. The van der Waals surface area contributed by atoms with E-state index in [1.807, 2.05) is 43.5 Å². The molecule has 0 aliphatic carbocycles. The standard InChI is InChI=1S/C14H13N3O/c1-9-3-4-10(8-15-9)14-16-12-6-5-11(18-2)7-13(12)17-14/h3-8H,1-2H3,(H,16,17). The van der Waals surface area contributed by atoms with E-state index in [4.69, 9.17) is 4.74 Å². The number of hydrogen-bond donors (Lipinski definition) is 1. The predicted octanol–water partition coefficient (Wildman–Crippen LogP) is 2.94. The van der Waals surface area contributed by atoms with Crippen molar-refractivity contribution >= 4 is 11.0 Å². The summed E-state index contributed by atoms with van der Waals surface area (Å²) >= 11 is 0. The smallest absolute Gasteiger partial charge is 0.140 e. The van der Waals surface area contributed by atoms with Crippen LogP contribution in [0.15, 0.2) is 36.5 Å². The lowest BCUT2D eigenvalue weighted by molar-refractivity contribution is 0.415. The molecule has 0 unspecified atom stereocenters. The Hall–Kier alpha value is -2.36. The summed E-state index contributed by atoms with van der Waals surface area (Å²) in [5.41, 5.74) is 3.86. The summed E-state index contributed by atoms with van der Waals surface area (Å²) in [5, 5.41) is 0. The first-order valence-corrected chi connectivity index (χ1v) is 5.73. The summed E-state index contributed by atoms with van der Waals surface area (Å²) in [6.45, 7) is 1.97. The number of methoxy groups -OCH3 is 1. The number of aryl methyl sites for hydroxylation is 1. The SMILES string of the molecule is COc1ccc2nc(-c3ccc(C)nc3)[nH]c2c1. The lowest BCUT2D eigenvalue weighted by Gasteiger charge is -1.97. The highest BCUT2D eigenvalue weighted by molar-refractivity contribution is 5.80. The first kappa shape index (κ1) is 10.8. The molecule has 0 aliphatic rings. The van der Waals surface area contributed by atoms with Gasteiger partial charge in [0.2, 0.25) is 0 Å². The molecule has 0 radical (unpaired) electrons. The molecule has 0 fully saturated rings. The van der Waals surface area contributed by atoms with Crippen LogP contribution in [0.1, 0.15) is 5.69 Å². The molecule has 0 atom stereocenters. The van der Waals surface area contributed by atoms with Crippen molar-refractivity contribution in [3.05, 3.63) is 42.2 Å². The van der Waals surface area contributed by atoms with Gasteiger partial charge in [0.05, 0.1) is 18.1 Å². The minimum Gasteiger partial charge on any atom is -0.497 e. The average Bonchev–Trinajstić information content (AvgIpc) is 2.82. The summed E-state index contributed by atoms with van der Waals surface area (Å²) in [6, 6.07) is 9.77. The van der Waals surface area contributed by atoms with Gasteiger partial charge in [-0.2, -0.15) is 0 Å². The number of aromatic amines is 1. The first-order chi connectivity index (χ1) is 8.76. The molecule has 3 aromatic rings. The van der Waals surface area contributed by atoms with Crippen molar-refractivity contribution in [3.8, 4) is 17.1 Å². The van der Waals surface area contributed by atoms with Crippen molar-refractivity contribution < 1.29 is 4.74 Å². The van der Waals surface area contributed by atoms with Crippen LogP contribution < -0.4 is 4.74 Å². The maximum absolute atomic E-state index is 5.19. The minimum atomic E-state index is 0.819. The zero-order chi connectivity index (χ0) is 12.5. The highest BCUT2D eigenvalue weighted by Gasteiger charge is 2.06. The fraction of sp³-hybridized carbons (Fsp3) is 0.143. The van der Waals surface area contributed by atoms with Crippen molar-refractivity contribution in [2.75, 3.05) is 7.11 Å². The topological polar surface area (TPSA) is 50.8 Å². The number of benzene rings is 1. The van der Waals surface area contributed by atoms with Crippen molar-refractivity contribution in [3.63, 3.8) is 0 Å². The van der Waals surface area contributed by atoms with E-state index in [0.717, 1.165) is 33.9 Å². The molecule has 3 rings (SSSR count). The normalized spacial score (nSPS) is 10.8. The zero-order valence-electron chi connectivity index (χ0n) is 10.3. The van der Waals surface area contributed by atoms with Gasteiger partial charge in [0.1, 0.15) is 11.6 Å². The van der Waals surface area contributed by atoms with Crippen LogP contribution in [0.2, 0.25) is 0 Å². The molecule has 0 saturated heterocycles. The second-order valence-electron chi connectivity index (χ2n) is 4.16. The Kier molecular flexibility index (Phi) is 2.48. The third-order valence-corrected chi connectivity index (χ3v) is 2.87. The van der Waals surface area contributed by atoms with Crippen molar-refractivity contribution in [2.45, 2.75) is 6.92 Å². The van der Waals surface area contributed by atoms with Gasteiger partial charge in [-0.15, -0.1) is 0 Å². The summed E-state index contributed by atoms with van der Waals surface area (Å²) in [7, 11) is 1.66. The molecule has 1 aromatic carbocycles. The van der Waals surface area contributed by atoms with Crippen LogP contribution >= 0.6 is 0 Å². The lowest BCUT2D eigenvalue weighted by atomic mass is 10.2. The molecular formula is C14H13N3O. The Morgan fingerprint density at radius 1 is 1.17 bits per heavy atom. The Balaban J connectivity index is 2.10. The molecule has 0 saturated carbocycles. The van der Waals surface area contributed by atoms with Gasteiger partial charge in [-0.05, 0) is 31.2 Å². The van der Waals surface area contributed by atoms with Crippen LogP contribution in [0, 0.1) is 6.92 Å². The van der Waals surface area contributed by atoms with E-state index >= 15 is 0 Å². The molecule has 0 spiro atoms. The van der Waals surface area contributed by atoms with Crippen LogP contribution in [0.25, 0.3) is 22.4 Å². The molecule has 18 heavy (non-hydrogen) atoms. The first-order valence-electron chi connectivity index (χ1n) is 5.73. The highest BCUT2D eigenvalue weighted by atomic mass is 16.5. The number of rotatable bonds is 2. The van der Waals surface area contributed by atoms with Gasteiger partial charge in [0.15, 0.2) is 0 Å². The van der Waals surface area contributed by atoms with Gasteiger partial charge >= 0.3 is 0 Å². The number of aromatic nitrogens is 3. The number of nitrogens with one attached hydrogen (secondary N) is 1. The number of H-pyrrole nitrogens is 1. The van der Waals surface area contributed by atoms with E-state index in [0.29, 0.717) is 0 Å². The molecule has 2 heterocycles. The predicted molar refractivity (Wildman–Crippen MR) is 70.6 cm³/mol. The van der Waals surface area contributed by atoms with Crippen molar-refractivity contribution in [2.24, 2.45) is 0 Å². The molecule has 0 bridgehead atoms. The third kappa shape index (κ3) is 1.82. The maximum Gasteiger partial charge on any atom is 0.140 e. The molecule has 0 amide bonds.